The van der Waals surface area contributed by atoms with Gasteiger partial charge in [0.25, 0.3) is 0 Å². The monoisotopic (exact) mass is 712 g/mol. The van der Waals surface area contributed by atoms with E-state index >= 15 is 0 Å². The number of amides is 2. The van der Waals surface area contributed by atoms with Gasteiger partial charge in [-0.05, 0) is 64.6 Å². The number of benzene rings is 3. The van der Waals surface area contributed by atoms with Crippen LogP contribution >= 0.6 is 0 Å². The molecule has 5 N–H and O–H groups in total. The molecule has 0 heterocycles. The van der Waals surface area contributed by atoms with Gasteiger partial charge in [0.05, 0.1) is 24.9 Å². The Balaban J connectivity index is 1.74. The minimum absolute atomic E-state index is 0.00497. The number of carbonyl (C=O) groups excluding carboxylic acids is 3. The van der Waals surface area contributed by atoms with E-state index in [1.165, 1.54) is 24.3 Å². The standard InChI is InChI=1S/C37H49FN4O7S/c1-24(2)34(35(45)41-29(21-40-50(6,47)48)18-27-14-17-32(43)30(19-27)37(3,4)5)39-22-33(44)31(20-25-12-15-28(38)16-13-25)42-36(46)49-23-26-10-8-7-9-11-26/h7-17,19,24,29,31,34,39-40,43H,18,20-23H2,1-6H3,(H,41,45)(H,42,46)/t29?,31-,34?/m0/s1. The number of aromatic hydroxyl groups is 1. The largest absolute Gasteiger partial charge is 0.508 e. The molecule has 0 aromatic heterocycles. The number of alkyl carbamates (subject to hydrolysis) is 1. The number of ketones is 1. The highest BCUT2D eigenvalue weighted by Crippen LogP contribution is 2.31. The molecule has 3 atom stereocenters. The van der Waals surface area contributed by atoms with Crippen LogP contribution < -0.4 is 20.7 Å². The van der Waals surface area contributed by atoms with Crippen LogP contribution in [0.2, 0.25) is 0 Å². The van der Waals surface area contributed by atoms with Crippen molar-refractivity contribution in [2.75, 3.05) is 19.3 Å². The molecule has 3 rings (SSSR count). The fraction of sp³-hybridized carbons (Fsp3) is 0.432. The lowest BCUT2D eigenvalue weighted by atomic mass is 9.85. The second-order valence-corrected chi connectivity index (χ2v) is 15.6. The number of halogens is 1. The minimum atomic E-state index is -3.58. The van der Waals surface area contributed by atoms with Crippen LogP contribution in [0.5, 0.6) is 5.75 Å². The SMILES string of the molecule is CC(C)C(NCC(=O)[C@H](Cc1ccc(F)cc1)NC(=O)OCc1ccccc1)C(=O)NC(CNS(C)(=O)=O)Cc1ccc(O)c(C(C)(C)C)c1. The molecule has 0 bridgehead atoms. The number of nitrogens with one attached hydrogen (secondary N) is 4. The lowest BCUT2D eigenvalue weighted by Crippen LogP contribution is -2.55. The fourth-order valence-corrected chi connectivity index (χ4v) is 5.79. The lowest BCUT2D eigenvalue weighted by molar-refractivity contribution is -0.125. The zero-order chi connectivity index (χ0) is 37.1. The number of sulfonamides is 1. The highest BCUT2D eigenvalue weighted by molar-refractivity contribution is 7.88. The maximum Gasteiger partial charge on any atom is 0.408 e. The van der Waals surface area contributed by atoms with Crippen LogP contribution in [0.3, 0.4) is 0 Å². The number of rotatable bonds is 17. The van der Waals surface area contributed by atoms with Gasteiger partial charge in [0.15, 0.2) is 5.78 Å². The van der Waals surface area contributed by atoms with E-state index in [1.54, 1.807) is 38.1 Å². The zero-order valence-electron chi connectivity index (χ0n) is 29.5. The van der Waals surface area contributed by atoms with Gasteiger partial charge in [-0.2, -0.15) is 0 Å². The van der Waals surface area contributed by atoms with Crippen LogP contribution in [-0.4, -0.2) is 68.8 Å². The highest BCUT2D eigenvalue weighted by Gasteiger charge is 2.29. The van der Waals surface area contributed by atoms with Crippen molar-refractivity contribution in [1.29, 1.82) is 0 Å². The Kier molecular flexibility index (Phi) is 14.5. The molecule has 11 nitrogen and oxygen atoms in total. The van der Waals surface area contributed by atoms with Crippen LogP contribution in [0, 0.1) is 11.7 Å². The summed E-state index contributed by atoms with van der Waals surface area (Å²) in [6.45, 7) is 9.11. The molecular weight excluding hydrogens is 663 g/mol. The molecule has 0 radical (unpaired) electrons. The molecule has 272 valence electrons. The summed E-state index contributed by atoms with van der Waals surface area (Å²) in [4.78, 5) is 40.0. The number of hydrogen-bond donors (Lipinski definition) is 5. The Hall–Kier alpha value is -4.33. The molecule has 0 saturated carbocycles. The average molecular weight is 713 g/mol. The predicted molar refractivity (Wildman–Crippen MR) is 191 cm³/mol. The smallest absolute Gasteiger partial charge is 0.408 e. The Morgan fingerprint density at radius 1 is 0.880 bits per heavy atom. The van der Waals surface area contributed by atoms with E-state index in [0.717, 1.165) is 17.4 Å². The molecule has 0 fully saturated rings. The summed E-state index contributed by atoms with van der Waals surface area (Å²) in [5.41, 5.74) is 2.51. The van der Waals surface area contributed by atoms with E-state index in [2.05, 4.69) is 20.7 Å². The Bertz CT molecular complexity index is 1690. The summed E-state index contributed by atoms with van der Waals surface area (Å²) in [6.07, 6.45) is 0.540. The molecule has 2 amide bonds. The average Bonchev–Trinajstić information content (AvgIpc) is 3.03. The number of phenolic OH excluding ortho intramolecular Hbond substituents is 1. The van der Waals surface area contributed by atoms with E-state index in [9.17, 15) is 32.3 Å². The van der Waals surface area contributed by atoms with Crippen molar-refractivity contribution in [3.05, 3.63) is 101 Å². The number of ether oxygens (including phenoxy) is 1. The molecule has 0 aliphatic rings. The van der Waals surface area contributed by atoms with Crippen molar-refractivity contribution in [3.8, 4) is 5.75 Å². The molecule has 2 unspecified atom stereocenters. The van der Waals surface area contributed by atoms with Gasteiger partial charge in [-0.3, -0.25) is 14.9 Å². The Labute approximate surface area is 294 Å². The zero-order valence-corrected chi connectivity index (χ0v) is 30.3. The van der Waals surface area contributed by atoms with Gasteiger partial charge < -0.3 is 20.5 Å². The van der Waals surface area contributed by atoms with Gasteiger partial charge in [-0.1, -0.05) is 89.2 Å². The summed E-state index contributed by atoms with van der Waals surface area (Å²) in [5, 5.41) is 19.0. The normalized spacial score (nSPS) is 13.7. The molecule has 0 aliphatic carbocycles. The van der Waals surface area contributed by atoms with Crippen LogP contribution in [-0.2, 0) is 49.2 Å². The molecular formula is C37H49FN4O7S. The summed E-state index contributed by atoms with van der Waals surface area (Å²) < 4.78 is 45.3. The topological polar surface area (TPSA) is 163 Å². The highest BCUT2D eigenvalue weighted by atomic mass is 32.2. The van der Waals surface area contributed by atoms with Crippen molar-refractivity contribution >= 4 is 27.8 Å². The van der Waals surface area contributed by atoms with Gasteiger partial charge in [-0.25, -0.2) is 22.3 Å². The number of phenols is 1. The predicted octanol–water partition coefficient (Wildman–Crippen LogP) is 4.13. The van der Waals surface area contributed by atoms with Crippen molar-refractivity contribution < 1.29 is 37.0 Å². The van der Waals surface area contributed by atoms with Crippen molar-refractivity contribution in [2.24, 2.45) is 5.92 Å². The van der Waals surface area contributed by atoms with Gasteiger partial charge in [-0.15, -0.1) is 0 Å². The van der Waals surface area contributed by atoms with Gasteiger partial charge in [0, 0.05) is 12.6 Å². The maximum atomic E-state index is 13.7. The molecule has 13 heteroatoms. The summed E-state index contributed by atoms with van der Waals surface area (Å²) in [5.74, 6) is -1.47. The number of carbonyl (C=O) groups is 3. The maximum absolute atomic E-state index is 13.7. The quantitative estimate of drug-likeness (QED) is 0.140. The Morgan fingerprint density at radius 2 is 1.52 bits per heavy atom. The van der Waals surface area contributed by atoms with E-state index < -0.39 is 51.7 Å². The van der Waals surface area contributed by atoms with Crippen molar-refractivity contribution in [2.45, 2.75) is 77.6 Å². The van der Waals surface area contributed by atoms with Crippen LogP contribution in [0.25, 0.3) is 0 Å². The second-order valence-electron chi connectivity index (χ2n) is 13.8. The molecule has 0 spiro atoms. The van der Waals surface area contributed by atoms with Crippen LogP contribution in [0.1, 0.15) is 56.9 Å². The van der Waals surface area contributed by atoms with E-state index in [1.807, 2.05) is 45.0 Å². The molecule has 50 heavy (non-hydrogen) atoms. The first-order chi connectivity index (χ1) is 23.4. The Morgan fingerprint density at radius 3 is 2.12 bits per heavy atom. The molecule has 0 saturated heterocycles. The van der Waals surface area contributed by atoms with Crippen LogP contribution in [0.15, 0.2) is 72.8 Å². The number of hydrogen-bond acceptors (Lipinski definition) is 8. The first-order valence-electron chi connectivity index (χ1n) is 16.5. The van der Waals surface area contributed by atoms with Gasteiger partial charge in [0.1, 0.15) is 18.2 Å². The second kappa shape index (κ2) is 18.1. The van der Waals surface area contributed by atoms with E-state index in [4.69, 9.17) is 4.74 Å². The fourth-order valence-electron chi connectivity index (χ4n) is 5.29. The summed E-state index contributed by atoms with van der Waals surface area (Å²) >= 11 is 0. The molecule has 3 aromatic carbocycles. The first-order valence-corrected chi connectivity index (χ1v) is 18.4. The third-order valence-electron chi connectivity index (χ3n) is 7.98. The summed E-state index contributed by atoms with van der Waals surface area (Å²) in [7, 11) is -3.58. The van der Waals surface area contributed by atoms with Gasteiger partial charge in [0.2, 0.25) is 15.9 Å². The third kappa shape index (κ3) is 13.5. The summed E-state index contributed by atoms with van der Waals surface area (Å²) in [6, 6.07) is 17.2. The van der Waals surface area contributed by atoms with E-state index in [-0.39, 0.29) is 49.6 Å². The number of Topliss-reactive ketones (excluding diaryl/α,β-unsaturated/α-hetero) is 1. The molecule has 3 aromatic rings. The minimum Gasteiger partial charge on any atom is -0.508 e. The van der Waals surface area contributed by atoms with Gasteiger partial charge >= 0.3 is 6.09 Å². The van der Waals surface area contributed by atoms with Crippen molar-refractivity contribution in [3.63, 3.8) is 0 Å². The van der Waals surface area contributed by atoms with Crippen LogP contribution in [0.4, 0.5) is 9.18 Å². The van der Waals surface area contributed by atoms with E-state index in [0.29, 0.717) is 11.1 Å². The van der Waals surface area contributed by atoms with Crippen molar-refractivity contribution in [1.82, 2.24) is 20.7 Å². The first kappa shape index (κ1) is 40.1. The third-order valence-corrected chi connectivity index (χ3v) is 8.67. The molecule has 0 aliphatic heterocycles. The lowest BCUT2D eigenvalue weighted by Gasteiger charge is -2.27.